The molecular weight excluding hydrogens is 198 g/mol. The Hall–Kier alpha value is -1.12. The third-order valence-electron chi connectivity index (χ3n) is 3.12. The van der Waals surface area contributed by atoms with E-state index in [-0.39, 0.29) is 0 Å². The number of hydrogen-bond donors (Lipinski definition) is 1. The average molecular weight is 219 g/mol. The molecule has 2 rings (SSSR count). The van der Waals surface area contributed by atoms with Crippen LogP contribution in [0.1, 0.15) is 44.0 Å². The zero-order valence-corrected chi connectivity index (χ0v) is 10.5. The van der Waals surface area contributed by atoms with Gasteiger partial charge >= 0.3 is 0 Å². The lowest BCUT2D eigenvalue weighted by Gasteiger charge is -2.16. The van der Waals surface area contributed by atoms with Gasteiger partial charge in [-0.15, -0.1) is 0 Å². The summed E-state index contributed by atoms with van der Waals surface area (Å²) < 4.78 is 0. The molecule has 1 heterocycles. The Morgan fingerprint density at radius 1 is 1.31 bits per heavy atom. The van der Waals surface area contributed by atoms with E-state index in [0.717, 1.165) is 29.7 Å². The Balaban J connectivity index is 1.99. The van der Waals surface area contributed by atoms with Gasteiger partial charge in [-0.1, -0.05) is 19.8 Å². The molecule has 0 aromatic carbocycles. The molecule has 16 heavy (non-hydrogen) atoms. The topological polar surface area (TPSA) is 37.8 Å². The van der Waals surface area contributed by atoms with Crippen LogP contribution in [0.25, 0.3) is 0 Å². The summed E-state index contributed by atoms with van der Waals surface area (Å²) in [6.45, 7) is 6.26. The maximum atomic E-state index is 4.43. The maximum Gasteiger partial charge on any atom is 0.223 e. The van der Waals surface area contributed by atoms with Gasteiger partial charge < -0.3 is 5.32 Å². The second kappa shape index (κ2) is 4.81. The molecule has 0 saturated heterocycles. The van der Waals surface area contributed by atoms with E-state index in [1.807, 2.05) is 19.9 Å². The maximum absolute atomic E-state index is 4.43. The van der Waals surface area contributed by atoms with E-state index in [1.54, 1.807) is 0 Å². The summed E-state index contributed by atoms with van der Waals surface area (Å²) in [5.74, 6) is 1.74. The van der Waals surface area contributed by atoms with Gasteiger partial charge in [0.1, 0.15) is 0 Å². The Morgan fingerprint density at radius 3 is 2.44 bits per heavy atom. The summed E-state index contributed by atoms with van der Waals surface area (Å²) in [6, 6.07) is 2.54. The van der Waals surface area contributed by atoms with E-state index in [9.17, 15) is 0 Å². The highest BCUT2D eigenvalue weighted by atomic mass is 15.1. The molecule has 1 atom stereocenters. The van der Waals surface area contributed by atoms with Crippen molar-refractivity contribution >= 4 is 5.95 Å². The summed E-state index contributed by atoms with van der Waals surface area (Å²) in [7, 11) is 0. The molecule has 3 heteroatoms. The molecule has 0 aliphatic heterocycles. The molecule has 1 aromatic rings. The first kappa shape index (κ1) is 11.4. The highest BCUT2D eigenvalue weighted by Gasteiger charge is 2.24. The SMILES string of the molecule is CCC(CC1CC1)Nc1nc(C)cc(C)n1. The molecule has 1 aliphatic rings. The van der Waals surface area contributed by atoms with Crippen LogP contribution in [0.2, 0.25) is 0 Å². The highest BCUT2D eigenvalue weighted by molar-refractivity contribution is 5.29. The van der Waals surface area contributed by atoms with Crippen molar-refractivity contribution in [3.63, 3.8) is 0 Å². The first-order valence-electron chi connectivity index (χ1n) is 6.26. The van der Waals surface area contributed by atoms with Crippen molar-refractivity contribution in [1.82, 2.24) is 9.97 Å². The predicted molar refractivity (Wildman–Crippen MR) is 66.5 cm³/mol. The van der Waals surface area contributed by atoms with Crippen LogP contribution in [0, 0.1) is 19.8 Å². The summed E-state index contributed by atoms with van der Waals surface area (Å²) in [6.07, 6.45) is 5.23. The van der Waals surface area contributed by atoms with E-state index >= 15 is 0 Å². The lowest BCUT2D eigenvalue weighted by Crippen LogP contribution is -2.21. The summed E-state index contributed by atoms with van der Waals surface area (Å²) in [5, 5.41) is 3.46. The zero-order valence-electron chi connectivity index (χ0n) is 10.5. The van der Waals surface area contributed by atoms with Crippen molar-refractivity contribution in [1.29, 1.82) is 0 Å². The van der Waals surface area contributed by atoms with Gasteiger partial charge in [-0.05, 0) is 38.7 Å². The van der Waals surface area contributed by atoms with Gasteiger partial charge in [0.05, 0.1) is 0 Å². The lowest BCUT2D eigenvalue weighted by atomic mass is 10.1. The molecule has 0 radical (unpaired) electrons. The van der Waals surface area contributed by atoms with Crippen molar-refractivity contribution < 1.29 is 0 Å². The van der Waals surface area contributed by atoms with Crippen LogP contribution in [0.15, 0.2) is 6.07 Å². The molecule has 0 amide bonds. The third kappa shape index (κ3) is 3.19. The number of rotatable bonds is 5. The van der Waals surface area contributed by atoms with Crippen LogP contribution in [-0.4, -0.2) is 16.0 Å². The van der Waals surface area contributed by atoms with Crippen LogP contribution in [0.3, 0.4) is 0 Å². The standard InChI is InChI=1S/C13H21N3/c1-4-12(8-11-5-6-11)16-13-14-9(2)7-10(3)15-13/h7,11-12H,4-6,8H2,1-3H3,(H,14,15,16). The quantitative estimate of drug-likeness (QED) is 0.827. The van der Waals surface area contributed by atoms with E-state index < -0.39 is 0 Å². The second-order valence-electron chi connectivity index (χ2n) is 4.90. The molecule has 1 N–H and O–H groups in total. The van der Waals surface area contributed by atoms with Crippen molar-refractivity contribution in [2.24, 2.45) is 5.92 Å². The number of nitrogens with one attached hydrogen (secondary N) is 1. The second-order valence-corrected chi connectivity index (χ2v) is 4.90. The van der Waals surface area contributed by atoms with Crippen LogP contribution in [-0.2, 0) is 0 Å². The van der Waals surface area contributed by atoms with Crippen molar-refractivity contribution in [2.75, 3.05) is 5.32 Å². The largest absolute Gasteiger partial charge is 0.351 e. The minimum atomic E-state index is 0.536. The Morgan fingerprint density at radius 2 is 1.94 bits per heavy atom. The molecule has 3 nitrogen and oxygen atoms in total. The molecule has 1 fully saturated rings. The van der Waals surface area contributed by atoms with Crippen LogP contribution in [0.4, 0.5) is 5.95 Å². The molecule has 1 unspecified atom stereocenters. The molecule has 1 aromatic heterocycles. The van der Waals surface area contributed by atoms with Crippen LogP contribution in [0.5, 0.6) is 0 Å². The van der Waals surface area contributed by atoms with E-state index in [1.165, 1.54) is 19.3 Å². The van der Waals surface area contributed by atoms with Crippen LogP contribution >= 0.6 is 0 Å². The zero-order chi connectivity index (χ0) is 11.5. The van der Waals surface area contributed by atoms with Crippen molar-refractivity contribution in [3.8, 4) is 0 Å². The number of aryl methyl sites for hydroxylation is 2. The predicted octanol–water partition coefficient (Wildman–Crippen LogP) is 3.08. The fraction of sp³-hybridized carbons (Fsp3) is 0.692. The highest BCUT2D eigenvalue weighted by Crippen LogP contribution is 2.34. The third-order valence-corrected chi connectivity index (χ3v) is 3.12. The molecule has 1 saturated carbocycles. The average Bonchev–Trinajstić information content (AvgIpc) is 2.99. The number of nitrogens with zero attached hydrogens (tertiary/aromatic N) is 2. The molecular formula is C13H21N3. The van der Waals surface area contributed by atoms with E-state index in [4.69, 9.17) is 0 Å². The van der Waals surface area contributed by atoms with Crippen molar-refractivity contribution in [3.05, 3.63) is 17.5 Å². The van der Waals surface area contributed by atoms with Gasteiger partial charge in [-0.25, -0.2) is 9.97 Å². The van der Waals surface area contributed by atoms with Gasteiger partial charge in [0.15, 0.2) is 0 Å². The Labute approximate surface area is 97.7 Å². The summed E-state index contributed by atoms with van der Waals surface area (Å²) >= 11 is 0. The first-order chi connectivity index (χ1) is 7.67. The first-order valence-corrected chi connectivity index (χ1v) is 6.26. The molecule has 88 valence electrons. The van der Waals surface area contributed by atoms with Gasteiger partial charge in [-0.3, -0.25) is 0 Å². The lowest BCUT2D eigenvalue weighted by molar-refractivity contribution is 0.582. The summed E-state index contributed by atoms with van der Waals surface area (Å²) in [5.41, 5.74) is 2.08. The van der Waals surface area contributed by atoms with Crippen LogP contribution < -0.4 is 5.32 Å². The van der Waals surface area contributed by atoms with Gasteiger partial charge in [0.25, 0.3) is 0 Å². The fourth-order valence-corrected chi connectivity index (χ4v) is 2.06. The smallest absolute Gasteiger partial charge is 0.223 e. The monoisotopic (exact) mass is 219 g/mol. The minimum absolute atomic E-state index is 0.536. The van der Waals surface area contributed by atoms with Gasteiger partial charge in [-0.2, -0.15) is 0 Å². The van der Waals surface area contributed by atoms with Gasteiger partial charge in [0.2, 0.25) is 5.95 Å². The minimum Gasteiger partial charge on any atom is -0.351 e. The molecule has 0 spiro atoms. The van der Waals surface area contributed by atoms with Gasteiger partial charge in [0, 0.05) is 17.4 Å². The number of anilines is 1. The fourth-order valence-electron chi connectivity index (χ4n) is 2.06. The normalized spacial score (nSPS) is 17.2. The van der Waals surface area contributed by atoms with Crippen molar-refractivity contribution in [2.45, 2.75) is 52.5 Å². The van der Waals surface area contributed by atoms with E-state index in [0.29, 0.717) is 6.04 Å². The van der Waals surface area contributed by atoms with E-state index in [2.05, 4.69) is 22.2 Å². The Kier molecular flexibility index (Phi) is 3.42. The molecule has 1 aliphatic carbocycles. The Bertz CT molecular complexity index is 338. The number of aromatic nitrogens is 2. The molecule has 0 bridgehead atoms. The number of hydrogen-bond acceptors (Lipinski definition) is 3. The summed E-state index contributed by atoms with van der Waals surface area (Å²) in [4.78, 5) is 8.85.